The van der Waals surface area contributed by atoms with Crippen LogP contribution in [0.4, 0.5) is 0 Å². The van der Waals surface area contributed by atoms with Crippen molar-refractivity contribution in [3.63, 3.8) is 0 Å². The highest BCUT2D eigenvalue weighted by molar-refractivity contribution is 7.98. The van der Waals surface area contributed by atoms with E-state index in [1.807, 2.05) is 44.4 Å². The maximum absolute atomic E-state index is 11.0. The smallest absolute Gasteiger partial charge is 0.304 e. The Morgan fingerprint density at radius 2 is 2.00 bits per heavy atom. The molecule has 0 aromatic heterocycles. The van der Waals surface area contributed by atoms with Gasteiger partial charge in [0.25, 0.3) is 0 Å². The van der Waals surface area contributed by atoms with Crippen LogP contribution in [0.5, 0.6) is 0 Å². The molecule has 1 aromatic rings. The van der Waals surface area contributed by atoms with E-state index in [-0.39, 0.29) is 12.5 Å². The van der Waals surface area contributed by atoms with Crippen molar-refractivity contribution in [3.8, 4) is 0 Å². The number of hydrogen-bond acceptors (Lipinski definition) is 3. The summed E-state index contributed by atoms with van der Waals surface area (Å²) in [5, 5.41) is 9.00. The molecule has 3 nitrogen and oxygen atoms in total. The number of carbonyl (C=O) groups is 1. The van der Waals surface area contributed by atoms with Crippen molar-refractivity contribution < 1.29 is 9.90 Å². The van der Waals surface area contributed by atoms with Gasteiger partial charge in [-0.1, -0.05) is 19.1 Å². The molecule has 0 aliphatic heterocycles. The van der Waals surface area contributed by atoms with Crippen molar-refractivity contribution in [3.05, 3.63) is 29.8 Å². The second kappa shape index (κ2) is 5.56. The predicted molar refractivity (Wildman–Crippen MR) is 71.5 cm³/mol. The van der Waals surface area contributed by atoms with Gasteiger partial charge in [-0.3, -0.25) is 4.79 Å². The minimum Gasteiger partial charge on any atom is -0.481 e. The zero-order chi connectivity index (χ0) is 13.1. The molecule has 1 rings (SSSR count). The van der Waals surface area contributed by atoms with E-state index in [4.69, 9.17) is 10.8 Å². The highest BCUT2D eigenvalue weighted by Gasteiger charge is 2.33. The molecule has 0 heterocycles. The van der Waals surface area contributed by atoms with E-state index < -0.39 is 11.4 Å². The van der Waals surface area contributed by atoms with Crippen LogP contribution in [-0.2, 0) is 10.2 Å². The number of hydrogen-bond donors (Lipinski definition) is 2. The lowest BCUT2D eigenvalue weighted by molar-refractivity contribution is -0.138. The molecule has 2 atom stereocenters. The topological polar surface area (TPSA) is 63.3 Å². The number of aliphatic carboxylic acids is 1. The maximum Gasteiger partial charge on any atom is 0.304 e. The van der Waals surface area contributed by atoms with E-state index in [1.165, 1.54) is 0 Å². The van der Waals surface area contributed by atoms with Crippen LogP contribution >= 0.6 is 11.8 Å². The first-order valence-corrected chi connectivity index (χ1v) is 6.74. The fourth-order valence-corrected chi connectivity index (χ4v) is 2.22. The Morgan fingerprint density at radius 3 is 2.35 bits per heavy atom. The number of carboxylic acids is 1. The summed E-state index contributed by atoms with van der Waals surface area (Å²) in [4.78, 5) is 12.1. The highest BCUT2D eigenvalue weighted by Crippen LogP contribution is 2.31. The Hall–Kier alpha value is -1.00. The Bertz CT molecular complexity index is 389. The fraction of sp³-hybridized carbons (Fsp3) is 0.462. The second-order valence-corrected chi connectivity index (χ2v) is 5.38. The summed E-state index contributed by atoms with van der Waals surface area (Å²) in [5.41, 5.74) is 6.41. The molecule has 2 unspecified atom stereocenters. The molecule has 0 radical (unpaired) electrons. The van der Waals surface area contributed by atoms with Gasteiger partial charge in [0, 0.05) is 16.4 Å². The van der Waals surface area contributed by atoms with Crippen molar-refractivity contribution >= 4 is 17.7 Å². The van der Waals surface area contributed by atoms with E-state index in [1.54, 1.807) is 11.8 Å². The van der Waals surface area contributed by atoms with Gasteiger partial charge < -0.3 is 10.8 Å². The third kappa shape index (κ3) is 3.23. The summed E-state index contributed by atoms with van der Waals surface area (Å²) in [6.07, 6.45) is 2.06. The first kappa shape index (κ1) is 14.1. The average molecular weight is 253 g/mol. The Balaban J connectivity index is 3.08. The summed E-state index contributed by atoms with van der Waals surface area (Å²) in [6, 6.07) is 7.74. The lowest BCUT2D eigenvalue weighted by atomic mass is 9.74. The summed E-state index contributed by atoms with van der Waals surface area (Å²) in [5.74, 6) is -0.821. The van der Waals surface area contributed by atoms with Crippen LogP contribution in [0.25, 0.3) is 0 Å². The van der Waals surface area contributed by atoms with E-state index in [0.29, 0.717) is 0 Å². The second-order valence-electron chi connectivity index (χ2n) is 4.51. The lowest BCUT2D eigenvalue weighted by Gasteiger charge is -2.32. The van der Waals surface area contributed by atoms with Crippen LogP contribution in [0.3, 0.4) is 0 Å². The normalized spacial score (nSPS) is 16.2. The maximum atomic E-state index is 11.0. The Labute approximate surface area is 106 Å². The number of thioether (sulfide) groups is 1. The zero-order valence-electron chi connectivity index (χ0n) is 10.4. The summed E-state index contributed by atoms with van der Waals surface area (Å²) in [6.45, 7) is 3.76. The van der Waals surface area contributed by atoms with Gasteiger partial charge in [-0.05, 0) is 30.9 Å². The largest absolute Gasteiger partial charge is 0.481 e. The summed E-state index contributed by atoms with van der Waals surface area (Å²) in [7, 11) is 0. The number of rotatable bonds is 5. The monoisotopic (exact) mass is 253 g/mol. The molecule has 4 heteroatoms. The SMILES string of the molecule is CSc1ccc(C(C)(CC(=O)O)C(C)N)cc1. The molecule has 0 spiro atoms. The van der Waals surface area contributed by atoms with Crippen LogP contribution in [0, 0.1) is 0 Å². The molecule has 0 saturated heterocycles. The van der Waals surface area contributed by atoms with Gasteiger partial charge in [0.1, 0.15) is 0 Å². The third-order valence-electron chi connectivity index (χ3n) is 3.27. The standard InChI is InChI=1S/C13H19NO2S/c1-9(14)13(2,8-12(15)16)10-4-6-11(17-3)7-5-10/h4-7,9H,8,14H2,1-3H3,(H,15,16). The van der Waals surface area contributed by atoms with Gasteiger partial charge in [-0.25, -0.2) is 0 Å². The van der Waals surface area contributed by atoms with Crippen LogP contribution in [0.1, 0.15) is 25.8 Å². The van der Waals surface area contributed by atoms with E-state index >= 15 is 0 Å². The molecule has 1 aromatic carbocycles. The molecule has 0 bridgehead atoms. The number of benzene rings is 1. The molecule has 0 amide bonds. The van der Waals surface area contributed by atoms with Gasteiger partial charge in [0.05, 0.1) is 6.42 Å². The summed E-state index contributed by atoms with van der Waals surface area (Å²) < 4.78 is 0. The fourth-order valence-electron chi connectivity index (χ4n) is 1.81. The van der Waals surface area contributed by atoms with Gasteiger partial charge in [0.15, 0.2) is 0 Å². The first-order valence-electron chi connectivity index (χ1n) is 5.52. The molecule has 0 fully saturated rings. The van der Waals surface area contributed by atoms with Gasteiger partial charge in [-0.2, -0.15) is 0 Å². The zero-order valence-corrected chi connectivity index (χ0v) is 11.3. The van der Waals surface area contributed by atoms with Gasteiger partial charge in [-0.15, -0.1) is 11.8 Å². The molecule has 17 heavy (non-hydrogen) atoms. The van der Waals surface area contributed by atoms with Crippen LogP contribution in [0.2, 0.25) is 0 Å². The molecule has 0 aliphatic carbocycles. The molecule has 3 N–H and O–H groups in total. The molecular formula is C13H19NO2S. The Kier molecular flexibility index (Phi) is 4.60. The first-order chi connectivity index (χ1) is 7.90. The quantitative estimate of drug-likeness (QED) is 0.791. The molecule has 94 valence electrons. The van der Waals surface area contributed by atoms with E-state index in [9.17, 15) is 4.79 Å². The van der Waals surface area contributed by atoms with E-state index in [2.05, 4.69) is 0 Å². The lowest BCUT2D eigenvalue weighted by Crippen LogP contribution is -2.42. The predicted octanol–water partition coefficient (Wildman–Crippen LogP) is 2.49. The van der Waals surface area contributed by atoms with Crippen molar-refractivity contribution in [1.82, 2.24) is 0 Å². The average Bonchev–Trinajstić information content (AvgIpc) is 2.28. The van der Waals surface area contributed by atoms with Crippen LogP contribution in [-0.4, -0.2) is 23.4 Å². The van der Waals surface area contributed by atoms with Crippen LogP contribution in [0.15, 0.2) is 29.2 Å². The van der Waals surface area contributed by atoms with Crippen molar-refractivity contribution in [1.29, 1.82) is 0 Å². The third-order valence-corrected chi connectivity index (χ3v) is 4.02. The summed E-state index contributed by atoms with van der Waals surface area (Å²) >= 11 is 1.66. The highest BCUT2D eigenvalue weighted by atomic mass is 32.2. The van der Waals surface area contributed by atoms with Crippen molar-refractivity contribution in [2.45, 2.75) is 36.6 Å². The minimum absolute atomic E-state index is 0.0449. The van der Waals surface area contributed by atoms with E-state index in [0.717, 1.165) is 10.5 Å². The molecule has 0 saturated carbocycles. The van der Waals surface area contributed by atoms with Gasteiger partial charge >= 0.3 is 5.97 Å². The Morgan fingerprint density at radius 1 is 1.47 bits per heavy atom. The van der Waals surface area contributed by atoms with Crippen LogP contribution < -0.4 is 5.73 Å². The van der Waals surface area contributed by atoms with Crippen molar-refractivity contribution in [2.24, 2.45) is 5.73 Å². The number of carboxylic acid groups (broad SMARTS) is 1. The van der Waals surface area contributed by atoms with Gasteiger partial charge in [0.2, 0.25) is 0 Å². The van der Waals surface area contributed by atoms with Crippen molar-refractivity contribution in [2.75, 3.05) is 6.26 Å². The minimum atomic E-state index is -0.821. The molecule has 0 aliphatic rings. The number of nitrogens with two attached hydrogens (primary N) is 1. The molecular weight excluding hydrogens is 234 g/mol.